The number of anilines is 1. The number of Topliss-reactive ketones (excluding diaryl/α,β-unsaturated/α-hetero) is 1. The van der Waals surface area contributed by atoms with E-state index in [1.165, 1.54) is 42.5 Å². The van der Waals surface area contributed by atoms with Crippen LogP contribution in [0, 0.1) is 5.82 Å². The number of hydrogen-bond donors (Lipinski definition) is 2. The van der Waals surface area contributed by atoms with Gasteiger partial charge in [0.25, 0.3) is 11.7 Å². The first-order valence-electron chi connectivity index (χ1n) is 10.4. The molecule has 2 N–H and O–H groups in total. The van der Waals surface area contributed by atoms with Gasteiger partial charge in [0.05, 0.1) is 23.8 Å². The molecule has 7 nitrogen and oxygen atoms in total. The maximum atomic E-state index is 13.4. The van der Waals surface area contributed by atoms with E-state index in [0.29, 0.717) is 5.56 Å². The summed E-state index contributed by atoms with van der Waals surface area (Å²) in [6, 6.07) is 15.7. The van der Waals surface area contributed by atoms with Gasteiger partial charge in [0.1, 0.15) is 17.3 Å². The van der Waals surface area contributed by atoms with Crippen molar-refractivity contribution in [3.05, 3.63) is 101 Å². The van der Waals surface area contributed by atoms with Crippen molar-refractivity contribution >= 4 is 29.1 Å². The van der Waals surface area contributed by atoms with E-state index >= 15 is 0 Å². The number of phenolic OH excluding ortho intramolecular Hbond substituents is 1. The summed E-state index contributed by atoms with van der Waals surface area (Å²) in [4.78, 5) is 39.7. The fourth-order valence-electron chi connectivity index (χ4n) is 3.87. The topological polar surface area (TPSA) is 104 Å². The lowest BCUT2D eigenvalue weighted by atomic mass is 9.95. The average Bonchev–Trinajstić information content (AvgIpc) is 3.10. The van der Waals surface area contributed by atoms with Gasteiger partial charge in [-0.25, -0.2) is 9.18 Å². The number of phenols is 1. The Kier molecular flexibility index (Phi) is 6.14. The quantitative estimate of drug-likeness (QED) is 0.254. The molecule has 172 valence electrons. The zero-order valence-electron chi connectivity index (χ0n) is 18.1. The van der Waals surface area contributed by atoms with Crippen LogP contribution in [0.3, 0.4) is 0 Å². The molecule has 0 spiro atoms. The molecular formula is C26H20FNO6. The molecule has 3 aromatic rings. The summed E-state index contributed by atoms with van der Waals surface area (Å²) < 4.78 is 18.4. The van der Waals surface area contributed by atoms with Crippen LogP contribution in [-0.4, -0.2) is 34.5 Å². The summed E-state index contributed by atoms with van der Waals surface area (Å²) in [6.07, 6.45) is 0. The van der Waals surface area contributed by atoms with Crippen LogP contribution in [0.2, 0.25) is 0 Å². The third kappa shape index (κ3) is 4.13. The first kappa shape index (κ1) is 22.7. The fraction of sp³-hybridized carbons (Fsp3) is 0.115. The minimum Gasteiger partial charge on any atom is -0.508 e. The molecule has 1 unspecified atom stereocenters. The molecule has 1 saturated heterocycles. The van der Waals surface area contributed by atoms with E-state index in [-0.39, 0.29) is 34.7 Å². The van der Waals surface area contributed by atoms with E-state index in [2.05, 4.69) is 0 Å². The molecule has 4 rings (SSSR count). The molecule has 1 fully saturated rings. The van der Waals surface area contributed by atoms with Crippen molar-refractivity contribution in [3.8, 4) is 5.75 Å². The minimum absolute atomic E-state index is 0.106. The number of carbonyl (C=O) groups excluding carboxylic acids is 3. The van der Waals surface area contributed by atoms with Crippen LogP contribution in [-0.2, 0) is 14.3 Å². The zero-order valence-corrected chi connectivity index (χ0v) is 18.1. The largest absolute Gasteiger partial charge is 0.508 e. The highest BCUT2D eigenvalue weighted by Gasteiger charge is 2.47. The summed E-state index contributed by atoms with van der Waals surface area (Å²) in [5.74, 6) is -3.62. The first-order valence-corrected chi connectivity index (χ1v) is 10.4. The monoisotopic (exact) mass is 461 g/mol. The van der Waals surface area contributed by atoms with Crippen molar-refractivity contribution in [2.45, 2.75) is 13.0 Å². The number of benzene rings is 3. The highest BCUT2D eigenvalue weighted by molar-refractivity contribution is 6.51. The Bertz CT molecular complexity index is 1310. The van der Waals surface area contributed by atoms with Crippen LogP contribution < -0.4 is 4.90 Å². The second-order valence-corrected chi connectivity index (χ2v) is 7.54. The average molecular weight is 461 g/mol. The Morgan fingerprint density at radius 3 is 2.38 bits per heavy atom. The number of aliphatic hydroxyl groups is 1. The molecular weight excluding hydrogens is 441 g/mol. The molecule has 1 atom stereocenters. The number of halogens is 1. The minimum atomic E-state index is -1.12. The maximum absolute atomic E-state index is 13.4. The van der Waals surface area contributed by atoms with Crippen molar-refractivity contribution in [2.75, 3.05) is 11.5 Å². The normalized spacial score (nSPS) is 17.1. The number of amides is 1. The van der Waals surface area contributed by atoms with E-state index in [0.717, 1.165) is 17.0 Å². The lowest BCUT2D eigenvalue weighted by Crippen LogP contribution is -2.29. The van der Waals surface area contributed by atoms with Crippen molar-refractivity contribution in [2.24, 2.45) is 0 Å². The molecule has 1 aliphatic heterocycles. The summed E-state index contributed by atoms with van der Waals surface area (Å²) >= 11 is 0. The summed E-state index contributed by atoms with van der Waals surface area (Å²) in [7, 11) is 0. The van der Waals surface area contributed by atoms with Gasteiger partial charge in [0.2, 0.25) is 0 Å². The molecule has 0 aliphatic carbocycles. The van der Waals surface area contributed by atoms with Gasteiger partial charge in [-0.05, 0) is 67.1 Å². The number of carbonyl (C=O) groups is 3. The molecule has 1 heterocycles. The number of ether oxygens (including phenoxy) is 1. The van der Waals surface area contributed by atoms with Gasteiger partial charge in [0.15, 0.2) is 0 Å². The SMILES string of the molecule is CCOC(=O)c1cccc(N2C(=O)C(=O)/C(=C(/O)c3ccc(F)cc3)C2c2cccc(O)c2)c1. The van der Waals surface area contributed by atoms with Crippen molar-refractivity contribution in [3.63, 3.8) is 0 Å². The van der Waals surface area contributed by atoms with Crippen LogP contribution in [0.4, 0.5) is 10.1 Å². The van der Waals surface area contributed by atoms with Crippen molar-refractivity contribution in [1.29, 1.82) is 0 Å². The predicted octanol–water partition coefficient (Wildman–Crippen LogP) is 4.33. The Hall–Kier alpha value is -4.46. The zero-order chi connectivity index (χ0) is 24.4. The lowest BCUT2D eigenvalue weighted by Gasteiger charge is -2.26. The summed E-state index contributed by atoms with van der Waals surface area (Å²) in [6.45, 7) is 1.83. The molecule has 8 heteroatoms. The first-order chi connectivity index (χ1) is 16.3. The molecule has 1 aliphatic rings. The number of aromatic hydroxyl groups is 1. The summed E-state index contributed by atoms with van der Waals surface area (Å²) in [5.41, 5.74) is 0.659. The van der Waals surface area contributed by atoms with Crippen LogP contribution in [0.25, 0.3) is 5.76 Å². The Morgan fingerprint density at radius 2 is 1.71 bits per heavy atom. The standard InChI is InChI=1S/C26H20FNO6/c1-2-34-26(33)17-6-3-7-19(13-17)28-22(16-5-4-8-20(29)14-16)21(24(31)25(28)32)23(30)15-9-11-18(27)12-10-15/h3-14,22,29-30H,2H2,1H3/b23-21+. The number of ketones is 1. The van der Waals surface area contributed by atoms with Crippen molar-refractivity contribution < 1.29 is 33.7 Å². The predicted molar refractivity (Wildman–Crippen MR) is 122 cm³/mol. The van der Waals surface area contributed by atoms with Crippen molar-refractivity contribution in [1.82, 2.24) is 0 Å². The van der Waals surface area contributed by atoms with Crippen LogP contribution in [0.5, 0.6) is 5.75 Å². The molecule has 3 aromatic carbocycles. The van der Waals surface area contributed by atoms with Crippen LogP contribution in [0.1, 0.15) is 34.5 Å². The van der Waals surface area contributed by atoms with Crippen LogP contribution >= 0.6 is 0 Å². The van der Waals surface area contributed by atoms with Gasteiger partial charge in [0, 0.05) is 11.3 Å². The molecule has 0 aromatic heterocycles. The Balaban J connectivity index is 1.91. The van der Waals surface area contributed by atoms with Gasteiger partial charge >= 0.3 is 5.97 Å². The smallest absolute Gasteiger partial charge is 0.338 e. The van der Waals surface area contributed by atoms with Crippen LogP contribution in [0.15, 0.2) is 78.4 Å². The number of rotatable bonds is 5. The second-order valence-electron chi connectivity index (χ2n) is 7.54. The summed E-state index contributed by atoms with van der Waals surface area (Å²) in [5, 5.41) is 21.0. The third-order valence-corrected chi connectivity index (χ3v) is 5.38. The van der Waals surface area contributed by atoms with E-state index in [4.69, 9.17) is 4.74 Å². The van der Waals surface area contributed by atoms with Gasteiger partial charge in [-0.1, -0.05) is 18.2 Å². The molecule has 34 heavy (non-hydrogen) atoms. The second kappa shape index (κ2) is 9.19. The number of aliphatic hydroxyl groups excluding tert-OH is 1. The van der Waals surface area contributed by atoms with Gasteiger partial charge < -0.3 is 14.9 Å². The molecule has 0 radical (unpaired) electrons. The number of esters is 1. The lowest BCUT2D eigenvalue weighted by molar-refractivity contribution is -0.132. The number of hydrogen-bond acceptors (Lipinski definition) is 6. The maximum Gasteiger partial charge on any atom is 0.338 e. The van der Waals surface area contributed by atoms with Gasteiger partial charge in [-0.15, -0.1) is 0 Å². The molecule has 0 bridgehead atoms. The highest BCUT2D eigenvalue weighted by Crippen LogP contribution is 2.42. The molecule has 0 saturated carbocycles. The fourth-order valence-corrected chi connectivity index (χ4v) is 3.87. The van der Waals surface area contributed by atoms with E-state index in [1.807, 2.05) is 0 Å². The van der Waals surface area contributed by atoms with E-state index in [9.17, 15) is 29.0 Å². The van der Waals surface area contributed by atoms with E-state index in [1.54, 1.807) is 25.1 Å². The van der Waals surface area contributed by atoms with Gasteiger partial charge in [-0.2, -0.15) is 0 Å². The third-order valence-electron chi connectivity index (χ3n) is 5.38. The Morgan fingerprint density at radius 1 is 1.00 bits per heavy atom. The highest BCUT2D eigenvalue weighted by atomic mass is 19.1. The van der Waals surface area contributed by atoms with Gasteiger partial charge in [-0.3, -0.25) is 14.5 Å². The molecule has 1 amide bonds. The Labute approximate surface area is 194 Å². The number of nitrogens with zero attached hydrogens (tertiary/aromatic N) is 1. The van der Waals surface area contributed by atoms with E-state index < -0.39 is 35.3 Å².